The quantitative estimate of drug-likeness (QED) is 0.434. The molecule has 6 nitrogen and oxygen atoms in total. The maximum absolute atomic E-state index is 4.82. The van der Waals surface area contributed by atoms with Gasteiger partial charge in [-0.25, -0.2) is 0 Å². The number of aryl methyl sites for hydroxylation is 2. The topological polar surface area (TPSA) is 67.1 Å². The van der Waals surface area contributed by atoms with E-state index < -0.39 is 0 Å². The van der Waals surface area contributed by atoms with E-state index in [9.17, 15) is 0 Å². The van der Waals surface area contributed by atoms with Crippen molar-refractivity contribution in [2.45, 2.75) is 76.5 Å². The average molecular weight is 379 g/mol. The van der Waals surface area contributed by atoms with Gasteiger partial charge in [0.05, 0.1) is 6.54 Å². The van der Waals surface area contributed by atoms with Crippen molar-refractivity contribution in [3.63, 3.8) is 0 Å². The van der Waals surface area contributed by atoms with E-state index in [0.29, 0.717) is 4.75 Å². The number of thioether (sulfide) groups is 1. The van der Waals surface area contributed by atoms with Crippen molar-refractivity contribution in [2.75, 3.05) is 25.4 Å². The Bertz CT molecular complexity index is 591. The maximum atomic E-state index is 4.82. The lowest BCUT2D eigenvalue weighted by atomic mass is 10.1. The van der Waals surface area contributed by atoms with Gasteiger partial charge >= 0.3 is 0 Å². The van der Waals surface area contributed by atoms with Crippen LogP contribution in [-0.2, 0) is 19.4 Å². The molecule has 1 unspecified atom stereocenters. The molecule has 1 fully saturated rings. The molecular formula is C19H34N6S. The monoisotopic (exact) mass is 378 g/mol. The lowest BCUT2D eigenvalue weighted by molar-refractivity contribution is 0.592. The second-order valence-electron chi connectivity index (χ2n) is 7.62. The highest BCUT2D eigenvalue weighted by Gasteiger charge is 2.29. The predicted molar refractivity (Wildman–Crippen MR) is 110 cm³/mol. The zero-order valence-corrected chi connectivity index (χ0v) is 17.2. The van der Waals surface area contributed by atoms with Crippen molar-refractivity contribution in [2.24, 2.45) is 4.99 Å². The number of rotatable bonds is 7. The number of nitrogens with one attached hydrogen (secondary N) is 2. The van der Waals surface area contributed by atoms with Crippen molar-refractivity contribution >= 4 is 17.7 Å². The Morgan fingerprint density at radius 2 is 2.15 bits per heavy atom. The van der Waals surface area contributed by atoms with Crippen LogP contribution >= 0.6 is 11.8 Å². The number of fused-ring (bicyclic) bond motifs is 1. The third kappa shape index (κ3) is 5.38. The second kappa shape index (κ2) is 9.62. The fourth-order valence-corrected chi connectivity index (χ4v) is 4.96. The first kappa shape index (κ1) is 19.5. The molecule has 0 saturated carbocycles. The SMILES string of the molecule is CCNC(=NCC1(C)CCCS1)NCCCc1nnc2n1CCCCC2. The Balaban J connectivity index is 1.45. The molecule has 1 aromatic rings. The van der Waals surface area contributed by atoms with Crippen molar-refractivity contribution in [1.29, 1.82) is 0 Å². The van der Waals surface area contributed by atoms with Crippen LogP contribution in [0.25, 0.3) is 0 Å². The molecule has 2 N–H and O–H groups in total. The number of hydrogen-bond acceptors (Lipinski definition) is 4. The largest absolute Gasteiger partial charge is 0.357 e. The Hall–Kier alpha value is -1.24. The van der Waals surface area contributed by atoms with Gasteiger partial charge in [0.2, 0.25) is 0 Å². The van der Waals surface area contributed by atoms with Gasteiger partial charge in [0.15, 0.2) is 5.96 Å². The molecule has 0 amide bonds. The van der Waals surface area contributed by atoms with Gasteiger partial charge in [-0.05, 0) is 51.7 Å². The number of nitrogens with zero attached hydrogens (tertiary/aromatic N) is 4. The van der Waals surface area contributed by atoms with Crippen LogP contribution in [0.15, 0.2) is 4.99 Å². The summed E-state index contributed by atoms with van der Waals surface area (Å²) in [7, 11) is 0. The van der Waals surface area contributed by atoms with Crippen LogP contribution in [0.5, 0.6) is 0 Å². The van der Waals surface area contributed by atoms with E-state index in [1.165, 1.54) is 43.7 Å². The smallest absolute Gasteiger partial charge is 0.191 e. The molecule has 3 rings (SSSR count). The minimum atomic E-state index is 0.321. The number of guanidine groups is 1. The first-order chi connectivity index (χ1) is 12.7. The van der Waals surface area contributed by atoms with E-state index in [1.807, 2.05) is 0 Å². The number of hydrogen-bond donors (Lipinski definition) is 2. The van der Waals surface area contributed by atoms with Crippen LogP contribution < -0.4 is 10.6 Å². The highest BCUT2D eigenvalue weighted by atomic mass is 32.2. The lowest BCUT2D eigenvalue weighted by Gasteiger charge is -2.21. The minimum absolute atomic E-state index is 0.321. The Morgan fingerprint density at radius 1 is 1.23 bits per heavy atom. The molecule has 2 aliphatic rings. The molecule has 0 aliphatic carbocycles. The van der Waals surface area contributed by atoms with Gasteiger partial charge in [-0.1, -0.05) is 6.42 Å². The van der Waals surface area contributed by atoms with Crippen LogP contribution in [0.2, 0.25) is 0 Å². The molecule has 1 saturated heterocycles. The molecule has 3 heterocycles. The molecule has 1 aromatic heterocycles. The van der Waals surface area contributed by atoms with E-state index in [-0.39, 0.29) is 0 Å². The number of aromatic nitrogens is 3. The van der Waals surface area contributed by atoms with Crippen molar-refractivity contribution in [3.8, 4) is 0 Å². The van der Waals surface area contributed by atoms with Crippen LogP contribution in [0.4, 0.5) is 0 Å². The Kier molecular flexibility index (Phi) is 7.23. The zero-order chi connectivity index (χ0) is 18.2. The fourth-order valence-electron chi connectivity index (χ4n) is 3.73. The van der Waals surface area contributed by atoms with Crippen LogP contribution in [0.3, 0.4) is 0 Å². The van der Waals surface area contributed by atoms with Crippen molar-refractivity contribution < 1.29 is 0 Å². The fraction of sp³-hybridized carbons (Fsp3) is 0.842. The van der Waals surface area contributed by atoms with Gasteiger partial charge in [0.1, 0.15) is 11.6 Å². The summed E-state index contributed by atoms with van der Waals surface area (Å²) < 4.78 is 2.67. The molecule has 2 aliphatic heterocycles. The van der Waals surface area contributed by atoms with E-state index in [0.717, 1.165) is 57.2 Å². The standard InChI is InChI=1S/C19H34N6S/c1-3-20-18(22-15-19(2)11-8-14-26-19)21-12-7-10-17-24-23-16-9-5-4-6-13-25(16)17/h3-15H2,1-2H3,(H2,20,21,22). The molecule has 1 atom stereocenters. The average Bonchev–Trinajstić information content (AvgIpc) is 3.16. The van der Waals surface area contributed by atoms with Crippen molar-refractivity contribution in [3.05, 3.63) is 11.6 Å². The highest BCUT2D eigenvalue weighted by molar-refractivity contribution is 8.00. The Labute approximate surface area is 162 Å². The van der Waals surface area contributed by atoms with E-state index in [4.69, 9.17) is 4.99 Å². The van der Waals surface area contributed by atoms with E-state index in [2.05, 4.69) is 51.0 Å². The molecule has 0 aromatic carbocycles. The van der Waals surface area contributed by atoms with Gasteiger partial charge in [0, 0.05) is 37.2 Å². The Morgan fingerprint density at radius 3 is 2.96 bits per heavy atom. The van der Waals surface area contributed by atoms with Gasteiger partial charge < -0.3 is 15.2 Å². The summed E-state index contributed by atoms with van der Waals surface area (Å²) in [5.74, 6) is 4.56. The third-order valence-electron chi connectivity index (χ3n) is 5.27. The number of aliphatic imine (C=N–C) groups is 1. The van der Waals surface area contributed by atoms with Crippen LogP contribution in [0.1, 0.15) is 64.0 Å². The molecule has 7 heteroatoms. The van der Waals surface area contributed by atoms with Crippen molar-refractivity contribution in [1.82, 2.24) is 25.4 Å². The summed E-state index contributed by atoms with van der Waals surface area (Å²) in [5.41, 5.74) is 0. The molecular weight excluding hydrogens is 344 g/mol. The van der Waals surface area contributed by atoms with Gasteiger partial charge in [0.25, 0.3) is 0 Å². The summed E-state index contributed by atoms with van der Waals surface area (Å²) in [4.78, 5) is 4.82. The lowest BCUT2D eigenvalue weighted by Crippen LogP contribution is -2.39. The maximum Gasteiger partial charge on any atom is 0.191 e. The molecule has 0 radical (unpaired) electrons. The van der Waals surface area contributed by atoms with E-state index >= 15 is 0 Å². The minimum Gasteiger partial charge on any atom is -0.357 e. The van der Waals surface area contributed by atoms with Gasteiger partial charge in [-0.2, -0.15) is 11.8 Å². The summed E-state index contributed by atoms with van der Waals surface area (Å²) in [6.45, 7) is 8.25. The highest BCUT2D eigenvalue weighted by Crippen LogP contribution is 2.37. The molecule has 146 valence electrons. The van der Waals surface area contributed by atoms with Gasteiger partial charge in [-0.15, -0.1) is 10.2 Å². The molecule has 26 heavy (non-hydrogen) atoms. The van der Waals surface area contributed by atoms with Crippen LogP contribution in [-0.4, -0.2) is 50.9 Å². The summed E-state index contributed by atoms with van der Waals surface area (Å²) >= 11 is 2.07. The second-order valence-corrected chi connectivity index (χ2v) is 9.30. The summed E-state index contributed by atoms with van der Waals surface area (Å²) in [6, 6.07) is 0. The summed E-state index contributed by atoms with van der Waals surface area (Å²) in [6.07, 6.45) is 9.52. The first-order valence-corrected chi connectivity index (χ1v) is 11.3. The molecule has 0 bridgehead atoms. The van der Waals surface area contributed by atoms with Crippen LogP contribution in [0, 0.1) is 0 Å². The first-order valence-electron chi connectivity index (χ1n) is 10.3. The predicted octanol–water partition coefficient (Wildman–Crippen LogP) is 2.78. The zero-order valence-electron chi connectivity index (χ0n) is 16.4. The normalized spacial score (nSPS) is 23.5. The van der Waals surface area contributed by atoms with Gasteiger partial charge in [-0.3, -0.25) is 4.99 Å². The third-order valence-corrected chi connectivity index (χ3v) is 6.79. The summed E-state index contributed by atoms with van der Waals surface area (Å²) in [5, 5.41) is 15.7. The van der Waals surface area contributed by atoms with E-state index in [1.54, 1.807) is 0 Å². The molecule has 0 spiro atoms.